The second-order valence-electron chi connectivity index (χ2n) is 2.57. The maximum atomic E-state index is 11.6. The van der Waals surface area contributed by atoms with E-state index in [1.807, 2.05) is 12.1 Å². The van der Waals surface area contributed by atoms with Crippen LogP contribution >= 0.6 is 50.7 Å². The van der Waals surface area contributed by atoms with E-state index in [1.165, 1.54) is 0 Å². The highest BCUT2D eigenvalue weighted by Crippen LogP contribution is 2.18. The predicted octanol–water partition coefficient (Wildman–Crippen LogP) is 1.53. The Morgan fingerprint density at radius 3 is 2.73 bits per heavy atom. The number of nitrogens with two attached hydrogens (primary N) is 1. The minimum atomic E-state index is -0.284. The molecular weight excluding hydrogens is 393 g/mol. The molecule has 1 rings (SSSR count). The van der Waals surface area contributed by atoms with Crippen LogP contribution in [-0.2, 0) is 0 Å². The van der Waals surface area contributed by atoms with E-state index in [1.54, 1.807) is 6.07 Å². The number of rotatable bonds is 1. The largest absolute Gasteiger partial charge is 0.375 e. The molecule has 0 atom stereocenters. The van der Waals surface area contributed by atoms with Crippen LogP contribution in [0.3, 0.4) is 0 Å². The molecule has 4 N–H and O–H groups in total. The standard InChI is InChI=1S/C8H7BrIN3OS/c9-4-1-2-6(10)5(3-4)7(14)12-13-8(11)15/h1-3H,(H,12,14)(H3,11,13,15). The lowest BCUT2D eigenvalue weighted by atomic mass is 10.2. The monoisotopic (exact) mass is 399 g/mol. The van der Waals surface area contributed by atoms with Crippen LogP contribution in [0.5, 0.6) is 0 Å². The highest BCUT2D eigenvalue weighted by molar-refractivity contribution is 14.1. The fourth-order valence-electron chi connectivity index (χ4n) is 0.857. The molecule has 0 aliphatic heterocycles. The van der Waals surface area contributed by atoms with Gasteiger partial charge in [-0.25, -0.2) is 0 Å². The van der Waals surface area contributed by atoms with Crippen LogP contribution in [0.15, 0.2) is 22.7 Å². The molecule has 0 fully saturated rings. The summed E-state index contributed by atoms with van der Waals surface area (Å²) < 4.78 is 1.68. The van der Waals surface area contributed by atoms with Gasteiger partial charge in [0.1, 0.15) is 0 Å². The molecule has 0 radical (unpaired) electrons. The van der Waals surface area contributed by atoms with E-state index < -0.39 is 0 Å². The molecule has 0 aliphatic carbocycles. The molecule has 0 unspecified atom stereocenters. The third-order valence-electron chi connectivity index (χ3n) is 1.47. The van der Waals surface area contributed by atoms with Gasteiger partial charge in [0.2, 0.25) is 0 Å². The summed E-state index contributed by atoms with van der Waals surface area (Å²) in [4.78, 5) is 11.6. The molecule has 0 bridgehead atoms. The van der Waals surface area contributed by atoms with E-state index in [4.69, 9.17) is 5.73 Å². The highest BCUT2D eigenvalue weighted by atomic mass is 127. The van der Waals surface area contributed by atoms with Crippen molar-refractivity contribution < 1.29 is 4.79 Å². The van der Waals surface area contributed by atoms with Crippen molar-refractivity contribution in [2.45, 2.75) is 0 Å². The zero-order chi connectivity index (χ0) is 11.4. The van der Waals surface area contributed by atoms with Gasteiger partial charge in [0.15, 0.2) is 5.11 Å². The molecular formula is C8H7BrIN3OS. The van der Waals surface area contributed by atoms with E-state index in [0.717, 1.165) is 8.04 Å². The summed E-state index contributed by atoms with van der Waals surface area (Å²) in [5.41, 5.74) is 10.5. The molecule has 0 aromatic heterocycles. The summed E-state index contributed by atoms with van der Waals surface area (Å²) in [7, 11) is 0. The van der Waals surface area contributed by atoms with Crippen LogP contribution in [0.2, 0.25) is 0 Å². The minimum Gasteiger partial charge on any atom is -0.375 e. The molecule has 1 amide bonds. The number of nitrogens with one attached hydrogen (secondary N) is 2. The average Bonchev–Trinajstić information content (AvgIpc) is 2.18. The molecule has 1 aromatic carbocycles. The van der Waals surface area contributed by atoms with Gasteiger partial charge >= 0.3 is 0 Å². The summed E-state index contributed by atoms with van der Waals surface area (Å²) in [6.45, 7) is 0. The fourth-order valence-corrected chi connectivity index (χ4v) is 1.85. The zero-order valence-corrected chi connectivity index (χ0v) is 11.9. The minimum absolute atomic E-state index is 0.0216. The molecule has 7 heteroatoms. The Morgan fingerprint density at radius 1 is 1.47 bits per heavy atom. The van der Waals surface area contributed by atoms with Gasteiger partial charge in [-0.05, 0) is 53.0 Å². The average molecular weight is 400 g/mol. The third-order valence-corrected chi connectivity index (χ3v) is 3.01. The number of thiocarbonyl (C=S) groups is 1. The van der Waals surface area contributed by atoms with Crippen LogP contribution in [0.4, 0.5) is 0 Å². The SMILES string of the molecule is NC(=S)NNC(=O)c1cc(Br)ccc1I. The third kappa shape index (κ3) is 3.92. The Kier molecular flexibility index (Phi) is 4.74. The predicted molar refractivity (Wildman–Crippen MR) is 74.2 cm³/mol. The number of carbonyl (C=O) groups excluding carboxylic acids is 1. The molecule has 15 heavy (non-hydrogen) atoms. The van der Waals surface area contributed by atoms with Gasteiger partial charge in [-0.15, -0.1) is 0 Å². The smallest absolute Gasteiger partial charge is 0.270 e. The quantitative estimate of drug-likeness (QED) is 0.380. The first-order valence-electron chi connectivity index (χ1n) is 3.81. The lowest BCUT2D eigenvalue weighted by Gasteiger charge is -2.07. The maximum Gasteiger partial charge on any atom is 0.270 e. The number of carbonyl (C=O) groups is 1. The van der Waals surface area contributed by atoms with Gasteiger partial charge in [0.25, 0.3) is 5.91 Å². The Morgan fingerprint density at radius 2 is 2.13 bits per heavy atom. The van der Waals surface area contributed by atoms with E-state index in [9.17, 15) is 4.79 Å². The first-order valence-corrected chi connectivity index (χ1v) is 6.09. The first-order chi connectivity index (χ1) is 7.00. The Labute approximate surface area is 114 Å². The summed E-state index contributed by atoms with van der Waals surface area (Å²) in [5.74, 6) is -0.284. The molecule has 0 saturated carbocycles. The topological polar surface area (TPSA) is 67.2 Å². The maximum absolute atomic E-state index is 11.6. The lowest BCUT2D eigenvalue weighted by molar-refractivity contribution is 0.0943. The summed E-state index contributed by atoms with van der Waals surface area (Å²) in [6.07, 6.45) is 0. The van der Waals surface area contributed by atoms with Gasteiger partial charge in [0, 0.05) is 8.04 Å². The zero-order valence-electron chi connectivity index (χ0n) is 7.38. The first kappa shape index (κ1) is 12.7. The second-order valence-corrected chi connectivity index (χ2v) is 5.09. The van der Waals surface area contributed by atoms with Gasteiger partial charge in [0.05, 0.1) is 5.56 Å². The molecule has 4 nitrogen and oxygen atoms in total. The number of hydrogen-bond acceptors (Lipinski definition) is 2. The van der Waals surface area contributed by atoms with Crippen molar-refractivity contribution >= 4 is 61.8 Å². The van der Waals surface area contributed by atoms with Crippen molar-refractivity contribution in [1.29, 1.82) is 0 Å². The molecule has 0 saturated heterocycles. The Hall–Kier alpha value is -0.410. The van der Waals surface area contributed by atoms with Gasteiger partial charge in [-0.3, -0.25) is 15.6 Å². The lowest BCUT2D eigenvalue weighted by Crippen LogP contribution is -2.44. The van der Waals surface area contributed by atoms with Crippen LogP contribution < -0.4 is 16.6 Å². The number of halogens is 2. The highest BCUT2D eigenvalue weighted by Gasteiger charge is 2.09. The summed E-state index contributed by atoms with van der Waals surface area (Å²) in [6, 6.07) is 5.41. The summed E-state index contributed by atoms with van der Waals surface area (Å²) >= 11 is 9.93. The van der Waals surface area contributed by atoms with Crippen molar-refractivity contribution in [2.24, 2.45) is 5.73 Å². The van der Waals surface area contributed by atoms with Gasteiger partial charge in [-0.2, -0.15) is 0 Å². The second kappa shape index (κ2) is 5.61. The summed E-state index contributed by atoms with van der Waals surface area (Å²) in [5, 5.41) is 0.0216. The van der Waals surface area contributed by atoms with Crippen LogP contribution in [-0.4, -0.2) is 11.0 Å². The van der Waals surface area contributed by atoms with Crippen molar-refractivity contribution in [1.82, 2.24) is 10.9 Å². The number of hydrazine groups is 1. The number of benzene rings is 1. The van der Waals surface area contributed by atoms with Gasteiger partial charge < -0.3 is 5.73 Å². The van der Waals surface area contributed by atoms with E-state index >= 15 is 0 Å². The fraction of sp³-hybridized carbons (Fsp3) is 0. The Balaban J connectivity index is 2.81. The molecule has 80 valence electrons. The van der Waals surface area contributed by atoms with Crippen molar-refractivity contribution in [3.8, 4) is 0 Å². The van der Waals surface area contributed by atoms with E-state index in [2.05, 4.69) is 61.6 Å². The van der Waals surface area contributed by atoms with Crippen LogP contribution in [0.1, 0.15) is 10.4 Å². The van der Waals surface area contributed by atoms with E-state index in [0.29, 0.717) is 5.56 Å². The van der Waals surface area contributed by atoms with Crippen LogP contribution in [0.25, 0.3) is 0 Å². The molecule has 0 heterocycles. The van der Waals surface area contributed by atoms with Gasteiger partial charge in [-0.1, -0.05) is 15.9 Å². The van der Waals surface area contributed by atoms with Crippen molar-refractivity contribution in [2.75, 3.05) is 0 Å². The van der Waals surface area contributed by atoms with Crippen molar-refractivity contribution in [3.63, 3.8) is 0 Å². The van der Waals surface area contributed by atoms with E-state index in [-0.39, 0.29) is 11.0 Å². The normalized spacial score (nSPS) is 9.47. The Bertz CT molecular complexity index is 413. The molecule has 1 aromatic rings. The molecule has 0 aliphatic rings. The van der Waals surface area contributed by atoms with Crippen molar-refractivity contribution in [3.05, 3.63) is 31.8 Å². The van der Waals surface area contributed by atoms with Crippen LogP contribution in [0, 0.1) is 3.57 Å². The number of amides is 1. The number of hydrogen-bond donors (Lipinski definition) is 3. The molecule has 0 spiro atoms.